The van der Waals surface area contributed by atoms with Crippen LogP contribution in [0.4, 0.5) is 10.5 Å². The molecule has 108 valence electrons. The number of amides is 2. The predicted molar refractivity (Wildman–Crippen MR) is 80.8 cm³/mol. The number of urea groups is 1. The molecule has 0 radical (unpaired) electrons. The molecule has 0 aliphatic carbocycles. The standard InChI is InChI=1S/C15H14N2O3S/c1-16-8-10-4-2-3-5-12(10)17(15(16)20)9-11-6-7-21-13(11)14(18)19/h2-7H,8-9H2,1H3,(H,18,19). The second-order valence-corrected chi connectivity index (χ2v) is 5.85. The summed E-state index contributed by atoms with van der Waals surface area (Å²) in [5, 5.41) is 10.9. The van der Waals surface area contributed by atoms with Crippen LogP contribution in [0.5, 0.6) is 0 Å². The van der Waals surface area contributed by atoms with Crippen molar-refractivity contribution in [2.45, 2.75) is 13.1 Å². The molecule has 2 aromatic rings. The zero-order valence-corrected chi connectivity index (χ0v) is 12.3. The third kappa shape index (κ3) is 2.38. The Kier molecular flexibility index (Phi) is 3.39. The summed E-state index contributed by atoms with van der Waals surface area (Å²) in [4.78, 5) is 27.2. The van der Waals surface area contributed by atoms with E-state index < -0.39 is 5.97 Å². The summed E-state index contributed by atoms with van der Waals surface area (Å²) in [6.07, 6.45) is 0. The van der Waals surface area contributed by atoms with E-state index in [1.165, 1.54) is 11.3 Å². The summed E-state index contributed by atoms with van der Waals surface area (Å²) in [7, 11) is 1.75. The number of para-hydroxylation sites is 1. The molecule has 2 amide bonds. The number of anilines is 1. The molecule has 1 aliphatic heterocycles. The molecule has 0 saturated carbocycles. The van der Waals surface area contributed by atoms with Gasteiger partial charge in [-0.1, -0.05) is 18.2 Å². The molecule has 0 spiro atoms. The highest BCUT2D eigenvalue weighted by Crippen LogP contribution is 2.30. The van der Waals surface area contributed by atoms with Gasteiger partial charge in [0.25, 0.3) is 0 Å². The number of fused-ring (bicyclic) bond motifs is 1. The van der Waals surface area contributed by atoms with Gasteiger partial charge in [0.2, 0.25) is 0 Å². The number of carboxylic acids is 1. The van der Waals surface area contributed by atoms with Crippen LogP contribution in [0.2, 0.25) is 0 Å². The first-order valence-corrected chi connectivity index (χ1v) is 7.36. The van der Waals surface area contributed by atoms with Crippen molar-refractivity contribution in [1.82, 2.24) is 4.90 Å². The molecule has 6 heteroatoms. The molecule has 5 nitrogen and oxygen atoms in total. The van der Waals surface area contributed by atoms with Crippen LogP contribution in [0.1, 0.15) is 20.8 Å². The largest absolute Gasteiger partial charge is 0.477 e. The molecule has 1 aromatic carbocycles. The zero-order valence-electron chi connectivity index (χ0n) is 11.4. The third-order valence-corrected chi connectivity index (χ3v) is 4.46. The number of rotatable bonds is 3. The molecule has 21 heavy (non-hydrogen) atoms. The Bertz CT molecular complexity index is 710. The van der Waals surface area contributed by atoms with Gasteiger partial charge in [-0.3, -0.25) is 4.90 Å². The van der Waals surface area contributed by atoms with Gasteiger partial charge >= 0.3 is 12.0 Å². The minimum absolute atomic E-state index is 0.115. The van der Waals surface area contributed by atoms with Gasteiger partial charge < -0.3 is 10.0 Å². The second kappa shape index (κ2) is 5.21. The number of carbonyl (C=O) groups excluding carboxylic acids is 1. The van der Waals surface area contributed by atoms with Crippen molar-refractivity contribution in [2.24, 2.45) is 0 Å². The van der Waals surface area contributed by atoms with Crippen LogP contribution in [0, 0.1) is 0 Å². The number of hydrogen-bond acceptors (Lipinski definition) is 3. The first-order valence-electron chi connectivity index (χ1n) is 6.48. The fraction of sp³-hybridized carbons (Fsp3) is 0.200. The normalized spacial score (nSPS) is 14.2. The van der Waals surface area contributed by atoms with Crippen LogP contribution in [-0.4, -0.2) is 29.1 Å². The van der Waals surface area contributed by atoms with E-state index in [4.69, 9.17) is 0 Å². The van der Waals surface area contributed by atoms with E-state index >= 15 is 0 Å². The van der Waals surface area contributed by atoms with Gasteiger partial charge in [0.1, 0.15) is 4.88 Å². The lowest BCUT2D eigenvalue weighted by atomic mass is 10.1. The maximum atomic E-state index is 12.4. The van der Waals surface area contributed by atoms with Gasteiger partial charge in [0, 0.05) is 13.6 Å². The SMILES string of the molecule is CN1Cc2ccccc2N(Cc2ccsc2C(=O)O)C1=O. The quantitative estimate of drug-likeness (QED) is 0.948. The highest BCUT2D eigenvalue weighted by molar-refractivity contribution is 7.12. The van der Waals surface area contributed by atoms with Gasteiger partial charge in [-0.15, -0.1) is 11.3 Å². The molecule has 1 aromatic heterocycles. The number of aromatic carboxylic acids is 1. The minimum atomic E-state index is -0.953. The van der Waals surface area contributed by atoms with Crippen molar-refractivity contribution < 1.29 is 14.7 Å². The monoisotopic (exact) mass is 302 g/mol. The summed E-state index contributed by atoms with van der Waals surface area (Å²) < 4.78 is 0. The molecule has 0 bridgehead atoms. The van der Waals surface area contributed by atoms with Crippen LogP contribution in [0.3, 0.4) is 0 Å². The molecule has 2 heterocycles. The van der Waals surface area contributed by atoms with E-state index in [1.54, 1.807) is 28.3 Å². The maximum Gasteiger partial charge on any atom is 0.346 e. The second-order valence-electron chi connectivity index (χ2n) is 4.93. The molecule has 1 aliphatic rings. The molecule has 0 unspecified atom stereocenters. The van der Waals surface area contributed by atoms with Gasteiger partial charge in [-0.25, -0.2) is 9.59 Å². The minimum Gasteiger partial charge on any atom is -0.477 e. The van der Waals surface area contributed by atoms with Crippen LogP contribution >= 0.6 is 11.3 Å². The Morgan fingerprint density at radius 3 is 2.86 bits per heavy atom. The van der Waals surface area contributed by atoms with Gasteiger partial charge in [-0.2, -0.15) is 0 Å². The summed E-state index contributed by atoms with van der Waals surface area (Å²) in [5.74, 6) is -0.953. The maximum absolute atomic E-state index is 12.4. The first-order chi connectivity index (χ1) is 10.1. The van der Waals surface area contributed by atoms with Crippen molar-refractivity contribution in [3.63, 3.8) is 0 Å². The number of nitrogens with zero attached hydrogens (tertiary/aromatic N) is 2. The lowest BCUT2D eigenvalue weighted by Gasteiger charge is -2.35. The zero-order chi connectivity index (χ0) is 15.0. The van der Waals surface area contributed by atoms with Gasteiger partial charge in [0.15, 0.2) is 0 Å². The van der Waals surface area contributed by atoms with Gasteiger partial charge in [-0.05, 0) is 28.6 Å². The van der Waals surface area contributed by atoms with Crippen molar-refractivity contribution in [3.05, 3.63) is 51.7 Å². The summed E-state index contributed by atoms with van der Waals surface area (Å²) in [6.45, 7) is 0.840. The van der Waals surface area contributed by atoms with Crippen LogP contribution in [-0.2, 0) is 13.1 Å². The Morgan fingerprint density at radius 2 is 2.10 bits per heavy atom. The molecule has 1 N–H and O–H groups in total. The smallest absolute Gasteiger partial charge is 0.346 e. The highest BCUT2D eigenvalue weighted by Gasteiger charge is 2.29. The lowest BCUT2D eigenvalue weighted by Crippen LogP contribution is -2.44. The first kappa shape index (κ1) is 13.6. The van der Waals surface area contributed by atoms with E-state index in [1.807, 2.05) is 24.3 Å². The van der Waals surface area contributed by atoms with Crippen LogP contribution in [0.25, 0.3) is 0 Å². The number of hydrogen-bond donors (Lipinski definition) is 1. The molecule has 0 atom stereocenters. The molecule has 0 saturated heterocycles. The third-order valence-electron chi connectivity index (χ3n) is 3.52. The lowest BCUT2D eigenvalue weighted by molar-refractivity contribution is 0.0701. The molecular weight excluding hydrogens is 288 g/mol. The number of carboxylic acid groups (broad SMARTS) is 1. The van der Waals surface area contributed by atoms with Crippen LogP contribution in [0.15, 0.2) is 35.7 Å². The topological polar surface area (TPSA) is 60.9 Å². The number of thiophene rings is 1. The van der Waals surface area contributed by atoms with Crippen molar-refractivity contribution in [2.75, 3.05) is 11.9 Å². The van der Waals surface area contributed by atoms with E-state index in [2.05, 4.69) is 0 Å². The molecule has 0 fully saturated rings. The van der Waals surface area contributed by atoms with E-state index in [0.717, 1.165) is 11.3 Å². The Labute approximate surface area is 126 Å². The van der Waals surface area contributed by atoms with Gasteiger partial charge in [0.05, 0.1) is 12.2 Å². The Hall–Kier alpha value is -2.34. The summed E-state index contributed by atoms with van der Waals surface area (Å²) >= 11 is 1.18. The predicted octanol–water partition coefficient (Wildman–Crippen LogP) is 3.02. The highest BCUT2D eigenvalue weighted by atomic mass is 32.1. The van der Waals surface area contributed by atoms with Crippen molar-refractivity contribution in [3.8, 4) is 0 Å². The van der Waals surface area contributed by atoms with Crippen LogP contribution < -0.4 is 4.90 Å². The van der Waals surface area contributed by atoms with E-state index in [-0.39, 0.29) is 17.5 Å². The Morgan fingerprint density at radius 1 is 1.33 bits per heavy atom. The molecular formula is C15H14N2O3S. The summed E-state index contributed by atoms with van der Waals surface area (Å²) in [6, 6.07) is 9.35. The number of benzene rings is 1. The van der Waals surface area contributed by atoms with E-state index in [0.29, 0.717) is 12.1 Å². The fourth-order valence-electron chi connectivity index (χ4n) is 2.51. The van der Waals surface area contributed by atoms with Crippen molar-refractivity contribution >= 4 is 29.0 Å². The van der Waals surface area contributed by atoms with Crippen molar-refractivity contribution in [1.29, 1.82) is 0 Å². The summed E-state index contributed by atoms with van der Waals surface area (Å²) in [5.41, 5.74) is 2.57. The Balaban J connectivity index is 1.99. The average molecular weight is 302 g/mol. The number of carbonyl (C=O) groups is 2. The fourth-order valence-corrected chi connectivity index (χ4v) is 3.26. The average Bonchev–Trinajstić information content (AvgIpc) is 2.92. The molecule has 3 rings (SSSR count). The van der Waals surface area contributed by atoms with E-state index in [9.17, 15) is 14.7 Å².